The van der Waals surface area contributed by atoms with Crippen molar-refractivity contribution in [3.8, 4) is 0 Å². The van der Waals surface area contributed by atoms with Crippen molar-refractivity contribution in [1.29, 1.82) is 0 Å². The largest absolute Gasteiger partial charge is 0.350 e. The van der Waals surface area contributed by atoms with Crippen molar-refractivity contribution in [2.45, 2.75) is 32.1 Å². The number of hydrogen-bond acceptors (Lipinski definition) is 4. The maximum absolute atomic E-state index is 13.0. The first-order valence-corrected chi connectivity index (χ1v) is 10.9. The van der Waals surface area contributed by atoms with Crippen molar-refractivity contribution in [1.82, 2.24) is 25.3 Å². The Labute approximate surface area is 196 Å². The molecular weight excluding hydrogens is 442 g/mol. The highest BCUT2D eigenvalue weighted by Gasteiger charge is 2.46. The van der Waals surface area contributed by atoms with Crippen LogP contribution < -0.4 is 10.6 Å². The summed E-state index contributed by atoms with van der Waals surface area (Å²) in [7, 11) is 1.58. The standard InChI is InChI=1S/C24H24ClN5O3/c1-24(23(33)27-14-16-6-4-3-5-7-16)15-30-20(22(32)29(24)2)12-19(28-30)21(31)26-13-17-8-10-18(25)11-9-17/h3-12H,13-15H2,1-2H3,(H,26,31)(H,27,33). The van der Waals surface area contributed by atoms with Gasteiger partial charge in [-0.3, -0.25) is 19.1 Å². The summed E-state index contributed by atoms with van der Waals surface area (Å²) in [4.78, 5) is 40.1. The molecule has 4 rings (SSSR count). The third-order valence-corrected chi connectivity index (χ3v) is 6.14. The van der Waals surface area contributed by atoms with Crippen LogP contribution >= 0.6 is 11.6 Å². The van der Waals surface area contributed by atoms with Gasteiger partial charge in [0.1, 0.15) is 11.2 Å². The van der Waals surface area contributed by atoms with Crippen molar-refractivity contribution < 1.29 is 14.4 Å². The molecule has 0 radical (unpaired) electrons. The fourth-order valence-corrected chi connectivity index (χ4v) is 3.81. The van der Waals surface area contributed by atoms with E-state index >= 15 is 0 Å². The van der Waals surface area contributed by atoms with Crippen LogP contribution in [0.2, 0.25) is 5.02 Å². The molecule has 0 saturated heterocycles. The summed E-state index contributed by atoms with van der Waals surface area (Å²) in [5, 5.41) is 10.6. The molecule has 170 valence electrons. The zero-order chi connectivity index (χ0) is 23.6. The molecule has 1 aliphatic heterocycles. The number of likely N-dealkylation sites (N-methyl/N-ethyl adjacent to an activating group) is 1. The van der Waals surface area contributed by atoms with E-state index in [1.807, 2.05) is 42.5 Å². The molecule has 1 unspecified atom stereocenters. The normalized spacial score (nSPS) is 17.4. The van der Waals surface area contributed by atoms with Gasteiger partial charge in [0.05, 0.1) is 6.54 Å². The number of nitrogens with one attached hydrogen (secondary N) is 2. The van der Waals surface area contributed by atoms with E-state index in [1.54, 1.807) is 26.1 Å². The zero-order valence-electron chi connectivity index (χ0n) is 18.3. The minimum Gasteiger partial charge on any atom is -0.350 e. The highest BCUT2D eigenvalue weighted by atomic mass is 35.5. The highest BCUT2D eigenvalue weighted by Crippen LogP contribution is 2.26. The first-order valence-electron chi connectivity index (χ1n) is 10.5. The summed E-state index contributed by atoms with van der Waals surface area (Å²) < 4.78 is 1.43. The van der Waals surface area contributed by atoms with E-state index in [0.29, 0.717) is 18.1 Å². The Morgan fingerprint density at radius 2 is 1.67 bits per heavy atom. The first-order chi connectivity index (χ1) is 15.8. The van der Waals surface area contributed by atoms with Gasteiger partial charge < -0.3 is 15.5 Å². The summed E-state index contributed by atoms with van der Waals surface area (Å²) >= 11 is 5.89. The minimum absolute atomic E-state index is 0.120. The minimum atomic E-state index is -1.15. The molecular formula is C24H24ClN5O3. The number of rotatable bonds is 6. The van der Waals surface area contributed by atoms with Crippen LogP contribution in [0.15, 0.2) is 60.7 Å². The van der Waals surface area contributed by atoms with E-state index < -0.39 is 11.4 Å². The SMILES string of the molecule is CN1C(=O)c2cc(C(=O)NCc3ccc(Cl)cc3)nn2CC1(C)C(=O)NCc1ccccc1. The number of carbonyl (C=O) groups is 3. The smallest absolute Gasteiger partial charge is 0.272 e. The van der Waals surface area contributed by atoms with Gasteiger partial charge in [0.2, 0.25) is 5.91 Å². The molecule has 2 N–H and O–H groups in total. The second-order valence-corrected chi connectivity index (χ2v) is 8.62. The number of hydrogen-bond donors (Lipinski definition) is 2. The van der Waals surface area contributed by atoms with Crippen LogP contribution in [0.1, 0.15) is 39.0 Å². The van der Waals surface area contributed by atoms with Crippen LogP contribution in [-0.2, 0) is 24.4 Å². The Balaban J connectivity index is 1.47. The number of benzene rings is 2. The average Bonchev–Trinajstić information content (AvgIpc) is 3.25. The molecule has 0 spiro atoms. The lowest BCUT2D eigenvalue weighted by Crippen LogP contribution is -2.62. The van der Waals surface area contributed by atoms with E-state index in [1.165, 1.54) is 15.6 Å². The van der Waals surface area contributed by atoms with Crippen molar-refractivity contribution in [2.24, 2.45) is 0 Å². The van der Waals surface area contributed by atoms with Gasteiger partial charge >= 0.3 is 0 Å². The quantitative estimate of drug-likeness (QED) is 0.585. The molecule has 0 bridgehead atoms. The number of halogens is 1. The van der Waals surface area contributed by atoms with Crippen LogP contribution in [0.4, 0.5) is 0 Å². The van der Waals surface area contributed by atoms with Gasteiger partial charge in [0, 0.05) is 31.2 Å². The predicted molar refractivity (Wildman–Crippen MR) is 124 cm³/mol. The topological polar surface area (TPSA) is 96.3 Å². The van der Waals surface area contributed by atoms with Crippen LogP contribution in [-0.4, -0.2) is 45.0 Å². The second kappa shape index (κ2) is 9.07. The summed E-state index contributed by atoms with van der Waals surface area (Å²) in [5.41, 5.74) is 1.08. The Bertz CT molecular complexity index is 1190. The molecule has 1 aliphatic rings. The van der Waals surface area contributed by atoms with Crippen molar-refractivity contribution >= 4 is 29.3 Å². The summed E-state index contributed by atoms with van der Waals surface area (Å²) in [6, 6.07) is 18.1. The van der Waals surface area contributed by atoms with E-state index in [4.69, 9.17) is 11.6 Å². The van der Waals surface area contributed by atoms with Gasteiger partial charge in [-0.1, -0.05) is 54.1 Å². The van der Waals surface area contributed by atoms with Crippen LogP contribution in [0, 0.1) is 0 Å². The number of amides is 3. The lowest BCUT2D eigenvalue weighted by Gasteiger charge is -2.40. The molecule has 1 atom stereocenters. The van der Waals surface area contributed by atoms with E-state index in [2.05, 4.69) is 15.7 Å². The maximum Gasteiger partial charge on any atom is 0.272 e. The molecule has 0 aliphatic carbocycles. The number of aromatic nitrogens is 2. The molecule has 0 saturated carbocycles. The number of carbonyl (C=O) groups excluding carboxylic acids is 3. The molecule has 3 amide bonds. The third-order valence-electron chi connectivity index (χ3n) is 5.89. The van der Waals surface area contributed by atoms with Gasteiger partial charge in [-0.15, -0.1) is 0 Å². The van der Waals surface area contributed by atoms with Gasteiger partial charge in [-0.2, -0.15) is 5.10 Å². The molecule has 33 heavy (non-hydrogen) atoms. The molecule has 8 nitrogen and oxygen atoms in total. The lowest BCUT2D eigenvalue weighted by molar-refractivity contribution is -0.132. The highest BCUT2D eigenvalue weighted by molar-refractivity contribution is 6.30. The molecule has 0 fully saturated rings. The lowest BCUT2D eigenvalue weighted by atomic mass is 9.96. The Kier molecular flexibility index (Phi) is 6.20. The van der Waals surface area contributed by atoms with Crippen LogP contribution in [0.25, 0.3) is 0 Å². The second-order valence-electron chi connectivity index (χ2n) is 8.19. The zero-order valence-corrected chi connectivity index (χ0v) is 19.1. The van der Waals surface area contributed by atoms with E-state index in [-0.39, 0.29) is 29.7 Å². The fraction of sp³-hybridized carbons (Fsp3) is 0.250. The molecule has 3 aromatic rings. The van der Waals surface area contributed by atoms with Crippen LogP contribution in [0.3, 0.4) is 0 Å². The predicted octanol–water partition coefficient (Wildman–Crippen LogP) is 2.63. The van der Waals surface area contributed by atoms with E-state index in [9.17, 15) is 14.4 Å². The third kappa shape index (κ3) is 4.61. The molecule has 2 aromatic carbocycles. The Hall–Kier alpha value is -3.65. The van der Waals surface area contributed by atoms with Crippen molar-refractivity contribution in [2.75, 3.05) is 7.05 Å². The first kappa shape index (κ1) is 22.5. The van der Waals surface area contributed by atoms with Crippen LogP contribution in [0.5, 0.6) is 0 Å². The van der Waals surface area contributed by atoms with Gasteiger partial charge in [0.15, 0.2) is 5.69 Å². The Morgan fingerprint density at radius 3 is 2.36 bits per heavy atom. The van der Waals surface area contributed by atoms with Gasteiger partial charge in [-0.25, -0.2) is 0 Å². The molecule has 2 heterocycles. The van der Waals surface area contributed by atoms with Crippen molar-refractivity contribution in [3.05, 3.63) is 88.2 Å². The average molecular weight is 466 g/mol. The fourth-order valence-electron chi connectivity index (χ4n) is 3.68. The van der Waals surface area contributed by atoms with Gasteiger partial charge in [-0.05, 0) is 30.2 Å². The number of fused-ring (bicyclic) bond motifs is 1. The maximum atomic E-state index is 13.0. The molecule has 1 aromatic heterocycles. The molecule has 9 heteroatoms. The monoisotopic (exact) mass is 465 g/mol. The Morgan fingerprint density at radius 1 is 1.03 bits per heavy atom. The van der Waals surface area contributed by atoms with E-state index in [0.717, 1.165) is 11.1 Å². The summed E-state index contributed by atoms with van der Waals surface area (Å²) in [5.74, 6) is -1.07. The number of nitrogens with zero attached hydrogens (tertiary/aromatic N) is 3. The van der Waals surface area contributed by atoms with Gasteiger partial charge in [0.25, 0.3) is 11.8 Å². The van der Waals surface area contributed by atoms with Crippen molar-refractivity contribution in [3.63, 3.8) is 0 Å². The summed E-state index contributed by atoms with van der Waals surface area (Å²) in [6.45, 7) is 2.47. The summed E-state index contributed by atoms with van der Waals surface area (Å²) in [6.07, 6.45) is 0.